The fourth-order valence-corrected chi connectivity index (χ4v) is 1.41. The number of carbonyl (C=O) groups excluding carboxylic acids is 2. The first-order valence-electron chi connectivity index (χ1n) is 4.98. The average Bonchev–Trinajstić information content (AvgIpc) is 2.25. The Bertz CT molecular complexity index is 443. The smallest absolute Gasteiger partial charge is 0.230 e. The topological polar surface area (TPSA) is 34.1 Å². The number of hydrogen-bond donors (Lipinski definition) is 0. The van der Waals surface area contributed by atoms with Crippen LogP contribution in [0.1, 0.15) is 30.6 Å². The molecule has 0 radical (unpaired) electrons. The third-order valence-electron chi connectivity index (χ3n) is 2.07. The zero-order valence-corrected chi connectivity index (χ0v) is 10.0. The molecule has 0 aliphatic carbocycles. The van der Waals surface area contributed by atoms with Crippen LogP contribution in [0, 0.1) is 0 Å². The molecule has 0 atom stereocenters. The molecule has 0 heterocycles. The number of carbonyl (C=O) groups is 2. The second-order valence-corrected chi connectivity index (χ2v) is 4.12. The molecule has 16 heavy (non-hydrogen) atoms. The molecule has 0 aliphatic rings. The predicted molar refractivity (Wildman–Crippen MR) is 64.8 cm³/mol. The molecule has 1 rings (SSSR count). The molecule has 0 saturated carbocycles. The van der Waals surface area contributed by atoms with E-state index in [1.54, 1.807) is 30.3 Å². The minimum absolute atomic E-state index is 0.131. The molecule has 1 aromatic carbocycles. The van der Waals surface area contributed by atoms with Crippen LogP contribution in [0.4, 0.5) is 0 Å². The van der Waals surface area contributed by atoms with Gasteiger partial charge in [0.05, 0.1) is 5.02 Å². The van der Waals surface area contributed by atoms with E-state index in [-0.39, 0.29) is 12.0 Å². The van der Waals surface area contributed by atoms with Gasteiger partial charge in [0.25, 0.3) is 0 Å². The molecule has 0 aromatic heterocycles. The van der Waals surface area contributed by atoms with E-state index >= 15 is 0 Å². The third-order valence-corrected chi connectivity index (χ3v) is 2.40. The van der Waals surface area contributed by atoms with Crippen molar-refractivity contribution >= 4 is 23.2 Å². The van der Waals surface area contributed by atoms with Gasteiger partial charge in [-0.15, -0.1) is 0 Å². The van der Waals surface area contributed by atoms with Crippen molar-refractivity contribution in [3.63, 3.8) is 0 Å². The molecule has 0 bridgehead atoms. The van der Waals surface area contributed by atoms with Crippen LogP contribution in [0.2, 0.25) is 5.02 Å². The summed E-state index contributed by atoms with van der Waals surface area (Å²) in [5.41, 5.74) is 1.29. The molecule has 0 amide bonds. The average molecular weight is 237 g/mol. The summed E-state index contributed by atoms with van der Waals surface area (Å²) in [6.45, 7) is 3.76. The standard InChI is InChI=1S/C13H13ClO2/c1-9(2)7-8-12(15)13(16)10-5-3-4-6-11(10)14/h3-7H,8H2,1-2H3. The largest absolute Gasteiger partial charge is 0.290 e. The molecule has 0 aliphatic heterocycles. The second kappa shape index (κ2) is 5.61. The highest BCUT2D eigenvalue weighted by Gasteiger charge is 2.17. The monoisotopic (exact) mass is 236 g/mol. The van der Waals surface area contributed by atoms with Crippen molar-refractivity contribution in [1.82, 2.24) is 0 Å². The maximum atomic E-state index is 11.7. The van der Waals surface area contributed by atoms with Crippen molar-refractivity contribution in [3.8, 4) is 0 Å². The molecular formula is C13H13ClO2. The van der Waals surface area contributed by atoms with Gasteiger partial charge < -0.3 is 0 Å². The van der Waals surface area contributed by atoms with E-state index in [2.05, 4.69) is 0 Å². The van der Waals surface area contributed by atoms with Crippen molar-refractivity contribution in [3.05, 3.63) is 46.5 Å². The fourth-order valence-electron chi connectivity index (χ4n) is 1.19. The maximum Gasteiger partial charge on any atom is 0.230 e. The van der Waals surface area contributed by atoms with E-state index in [9.17, 15) is 9.59 Å². The molecule has 0 spiro atoms. The summed E-state index contributed by atoms with van der Waals surface area (Å²) in [7, 11) is 0. The molecule has 2 nitrogen and oxygen atoms in total. The van der Waals surface area contributed by atoms with E-state index in [4.69, 9.17) is 11.6 Å². The van der Waals surface area contributed by atoms with Crippen LogP contribution < -0.4 is 0 Å². The first-order chi connectivity index (χ1) is 7.52. The minimum Gasteiger partial charge on any atom is -0.290 e. The van der Waals surface area contributed by atoms with Crippen molar-refractivity contribution in [1.29, 1.82) is 0 Å². The van der Waals surface area contributed by atoms with E-state index in [0.29, 0.717) is 5.02 Å². The van der Waals surface area contributed by atoms with Crippen molar-refractivity contribution < 1.29 is 9.59 Å². The molecular weight excluding hydrogens is 224 g/mol. The van der Waals surface area contributed by atoms with E-state index in [1.807, 2.05) is 13.8 Å². The number of benzene rings is 1. The summed E-state index contributed by atoms with van der Waals surface area (Å²) in [6.07, 6.45) is 1.86. The lowest BCUT2D eigenvalue weighted by Crippen LogP contribution is -2.13. The zero-order chi connectivity index (χ0) is 12.1. The molecule has 3 heteroatoms. The van der Waals surface area contributed by atoms with Crippen LogP contribution in [0.15, 0.2) is 35.9 Å². The van der Waals surface area contributed by atoms with Crippen LogP contribution in [0.5, 0.6) is 0 Å². The van der Waals surface area contributed by atoms with Gasteiger partial charge in [-0.1, -0.05) is 35.4 Å². The van der Waals surface area contributed by atoms with Crippen molar-refractivity contribution in [2.24, 2.45) is 0 Å². The summed E-state index contributed by atoms with van der Waals surface area (Å²) >= 11 is 5.84. The summed E-state index contributed by atoms with van der Waals surface area (Å²) in [5, 5.41) is 0.318. The Morgan fingerprint density at radius 3 is 2.44 bits per heavy atom. The van der Waals surface area contributed by atoms with Gasteiger partial charge in [-0.25, -0.2) is 0 Å². The van der Waals surface area contributed by atoms with Gasteiger partial charge in [-0.05, 0) is 26.0 Å². The van der Waals surface area contributed by atoms with Crippen molar-refractivity contribution in [2.75, 3.05) is 0 Å². The summed E-state index contributed by atoms with van der Waals surface area (Å²) in [4.78, 5) is 23.3. The lowest BCUT2D eigenvalue weighted by molar-refractivity contribution is -0.114. The number of halogens is 1. The second-order valence-electron chi connectivity index (χ2n) is 3.72. The summed E-state index contributed by atoms with van der Waals surface area (Å²) < 4.78 is 0. The number of Topliss-reactive ketones (excluding diaryl/α,β-unsaturated/α-hetero) is 2. The van der Waals surface area contributed by atoms with Gasteiger partial charge in [0.1, 0.15) is 0 Å². The lowest BCUT2D eigenvalue weighted by atomic mass is 10.0. The summed E-state index contributed by atoms with van der Waals surface area (Å²) in [6, 6.07) is 6.57. The van der Waals surface area contributed by atoms with Gasteiger partial charge in [-0.3, -0.25) is 9.59 Å². The van der Waals surface area contributed by atoms with Gasteiger partial charge in [-0.2, -0.15) is 0 Å². The molecule has 0 unspecified atom stereocenters. The Morgan fingerprint density at radius 1 is 1.25 bits per heavy atom. The van der Waals surface area contributed by atoms with E-state index in [1.165, 1.54) is 0 Å². The predicted octanol–water partition coefficient (Wildman–Crippen LogP) is 3.45. The number of ketones is 2. The Morgan fingerprint density at radius 2 is 1.88 bits per heavy atom. The van der Waals surface area contributed by atoms with Gasteiger partial charge in [0.2, 0.25) is 11.6 Å². The number of rotatable bonds is 4. The first-order valence-corrected chi connectivity index (χ1v) is 5.35. The normalized spacial score (nSPS) is 9.69. The van der Waals surface area contributed by atoms with E-state index in [0.717, 1.165) is 5.57 Å². The lowest BCUT2D eigenvalue weighted by Gasteiger charge is -2.00. The van der Waals surface area contributed by atoms with Crippen LogP contribution in [0.25, 0.3) is 0 Å². The van der Waals surface area contributed by atoms with Gasteiger partial charge in [0.15, 0.2) is 0 Å². The highest BCUT2D eigenvalue weighted by Crippen LogP contribution is 2.16. The summed E-state index contributed by atoms with van der Waals surface area (Å²) in [5.74, 6) is -0.961. The Balaban J connectivity index is 2.83. The number of hydrogen-bond acceptors (Lipinski definition) is 2. The van der Waals surface area contributed by atoms with Crippen LogP contribution >= 0.6 is 11.6 Å². The highest BCUT2D eigenvalue weighted by atomic mass is 35.5. The first kappa shape index (κ1) is 12.7. The molecule has 0 fully saturated rings. The SMILES string of the molecule is CC(C)=CCC(=O)C(=O)c1ccccc1Cl. The molecule has 0 saturated heterocycles. The minimum atomic E-state index is -0.525. The Labute approximate surface area is 99.9 Å². The van der Waals surface area contributed by atoms with Crippen LogP contribution in [-0.4, -0.2) is 11.6 Å². The molecule has 1 aromatic rings. The third kappa shape index (κ3) is 3.31. The zero-order valence-electron chi connectivity index (χ0n) is 9.29. The Hall–Kier alpha value is -1.41. The molecule has 84 valence electrons. The molecule has 0 N–H and O–H groups in total. The quantitative estimate of drug-likeness (QED) is 0.456. The fraction of sp³-hybridized carbons (Fsp3) is 0.231. The van der Waals surface area contributed by atoms with Crippen LogP contribution in [0.3, 0.4) is 0 Å². The van der Waals surface area contributed by atoms with Crippen LogP contribution in [-0.2, 0) is 4.79 Å². The number of allylic oxidation sites excluding steroid dienone is 2. The van der Waals surface area contributed by atoms with E-state index < -0.39 is 11.6 Å². The maximum absolute atomic E-state index is 11.7. The van der Waals surface area contributed by atoms with Gasteiger partial charge >= 0.3 is 0 Å². The highest BCUT2D eigenvalue weighted by molar-refractivity contribution is 6.47. The Kier molecular flexibility index (Phi) is 4.44. The van der Waals surface area contributed by atoms with Gasteiger partial charge in [0, 0.05) is 12.0 Å². The van der Waals surface area contributed by atoms with Crippen molar-refractivity contribution in [2.45, 2.75) is 20.3 Å².